The number of hydrogen-bond acceptors (Lipinski definition) is 3. The van der Waals surface area contributed by atoms with Gasteiger partial charge in [-0.25, -0.2) is 4.79 Å². The number of ether oxygens (including phenoxy) is 1. The third kappa shape index (κ3) is 3.41. The minimum absolute atomic E-state index is 0.613. The van der Waals surface area contributed by atoms with Gasteiger partial charge in [0.15, 0.2) is 0 Å². The quantitative estimate of drug-likeness (QED) is 0.470. The summed E-state index contributed by atoms with van der Waals surface area (Å²) >= 11 is 0. The molecule has 94 valence electrons. The van der Waals surface area contributed by atoms with Gasteiger partial charge in [-0.15, -0.1) is 0 Å². The molecule has 3 heteroatoms. The van der Waals surface area contributed by atoms with E-state index < -0.39 is 0 Å². The zero-order valence-corrected chi connectivity index (χ0v) is 10.5. The predicted molar refractivity (Wildman–Crippen MR) is 76.1 cm³/mol. The van der Waals surface area contributed by atoms with Crippen LogP contribution >= 0.6 is 0 Å². The Labute approximate surface area is 111 Å². The van der Waals surface area contributed by atoms with E-state index in [1.165, 1.54) is 0 Å². The van der Waals surface area contributed by atoms with Crippen LogP contribution in [0, 0.1) is 0 Å². The van der Waals surface area contributed by atoms with E-state index in [1.54, 1.807) is 19.3 Å². The Morgan fingerprint density at radius 3 is 2.47 bits per heavy atom. The third-order valence-electron chi connectivity index (χ3n) is 2.67. The molecule has 0 radical (unpaired) electrons. The Balaban J connectivity index is 2.24. The molecule has 0 aliphatic carbocycles. The van der Waals surface area contributed by atoms with Crippen molar-refractivity contribution in [3.8, 4) is 5.75 Å². The van der Waals surface area contributed by atoms with Crippen LogP contribution in [0.2, 0.25) is 0 Å². The van der Waals surface area contributed by atoms with E-state index in [9.17, 15) is 4.79 Å². The van der Waals surface area contributed by atoms with Gasteiger partial charge >= 0.3 is 0 Å². The number of nitrogens with zero attached hydrogens (tertiary/aromatic N) is 1. The molecule has 3 nitrogen and oxygen atoms in total. The Bertz CT molecular complexity index is 623. The number of para-hydroxylation sites is 1. The van der Waals surface area contributed by atoms with Crippen molar-refractivity contribution in [2.45, 2.75) is 0 Å². The molecule has 2 aromatic carbocycles. The van der Waals surface area contributed by atoms with E-state index in [2.05, 4.69) is 4.99 Å². The second-order valence-corrected chi connectivity index (χ2v) is 3.87. The molecular formula is C16H13NO2. The van der Waals surface area contributed by atoms with Crippen LogP contribution in [-0.4, -0.2) is 13.2 Å². The maximum absolute atomic E-state index is 10.3. The molecule has 0 amide bonds. The smallest absolute Gasteiger partial charge is 0.240 e. The van der Waals surface area contributed by atoms with Crippen molar-refractivity contribution >= 4 is 23.9 Å². The van der Waals surface area contributed by atoms with Gasteiger partial charge in [0.1, 0.15) is 5.75 Å². The molecule has 2 rings (SSSR count). The van der Waals surface area contributed by atoms with Gasteiger partial charge in [0.2, 0.25) is 6.08 Å². The Morgan fingerprint density at radius 2 is 1.79 bits per heavy atom. The second-order valence-electron chi connectivity index (χ2n) is 3.87. The first-order valence-corrected chi connectivity index (χ1v) is 5.82. The number of methoxy groups -OCH3 is 1. The van der Waals surface area contributed by atoms with E-state index in [0.717, 1.165) is 16.9 Å². The molecule has 19 heavy (non-hydrogen) atoms. The summed E-state index contributed by atoms with van der Waals surface area (Å²) < 4.78 is 5.10. The lowest BCUT2D eigenvalue weighted by Gasteiger charge is -2.00. The highest BCUT2D eigenvalue weighted by Gasteiger charge is 1.96. The first kappa shape index (κ1) is 12.8. The van der Waals surface area contributed by atoms with Gasteiger partial charge in [-0.2, -0.15) is 4.99 Å². The molecule has 0 aromatic heterocycles. The van der Waals surface area contributed by atoms with Gasteiger partial charge in [0, 0.05) is 5.56 Å². The maximum Gasteiger partial charge on any atom is 0.240 e. The molecule has 0 fully saturated rings. The van der Waals surface area contributed by atoms with Crippen molar-refractivity contribution in [1.29, 1.82) is 0 Å². The summed E-state index contributed by atoms with van der Waals surface area (Å²) in [5, 5.41) is 0. The van der Waals surface area contributed by atoms with Crippen LogP contribution in [0.15, 0.2) is 53.5 Å². The topological polar surface area (TPSA) is 38.7 Å². The van der Waals surface area contributed by atoms with Gasteiger partial charge in [-0.05, 0) is 23.8 Å². The fraction of sp³-hybridized carbons (Fsp3) is 0.0625. The van der Waals surface area contributed by atoms with Gasteiger partial charge in [0.25, 0.3) is 0 Å². The highest BCUT2D eigenvalue weighted by atomic mass is 16.5. The molecule has 0 N–H and O–H groups in total. The SMILES string of the molecule is COc1ccc(/C=C/c2ccccc2N=C=O)cc1. The van der Waals surface area contributed by atoms with E-state index in [-0.39, 0.29) is 0 Å². The monoisotopic (exact) mass is 251 g/mol. The Kier molecular flexibility index (Phi) is 4.27. The number of benzene rings is 2. The molecule has 2 aromatic rings. The van der Waals surface area contributed by atoms with Crippen LogP contribution in [0.5, 0.6) is 5.75 Å². The molecule has 0 atom stereocenters. The lowest BCUT2D eigenvalue weighted by atomic mass is 10.1. The van der Waals surface area contributed by atoms with Crippen molar-refractivity contribution in [2.24, 2.45) is 4.99 Å². The zero-order chi connectivity index (χ0) is 13.5. The van der Waals surface area contributed by atoms with Crippen molar-refractivity contribution in [2.75, 3.05) is 7.11 Å². The van der Waals surface area contributed by atoms with E-state index in [0.29, 0.717) is 5.69 Å². The molecule has 0 saturated heterocycles. The average molecular weight is 251 g/mol. The fourth-order valence-corrected chi connectivity index (χ4v) is 1.68. The van der Waals surface area contributed by atoms with E-state index in [4.69, 9.17) is 4.74 Å². The van der Waals surface area contributed by atoms with Crippen molar-refractivity contribution < 1.29 is 9.53 Å². The average Bonchev–Trinajstić information content (AvgIpc) is 2.47. The highest BCUT2D eigenvalue weighted by molar-refractivity contribution is 5.76. The van der Waals surface area contributed by atoms with E-state index in [1.807, 2.05) is 54.6 Å². The second kappa shape index (κ2) is 6.34. The molecule has 0 bridgehead atoms. The van der Waals surface area contributed by atoms with Crippen LogP contribution in [0.3, 0.4) is 0 Å². The fourth-order valence-electron chi connectivity index (χ4n) is 1.68. The predicted octanol–water partition coefficient (Wildman–Crippen LogP) is 3.83. The third-order valence-corrected chi connectivity index (χ3v) is 2.67. The normalized spacial score (nSPS) is 10.2. The van der Waals surface area contributed by atoms with Crippen LogP contribution in [-0.2, 0) is 4.79 Å². The van der Waals surface area contributed by atoms with Gasteiger partial charge in [0.05, 0.1) is 12.8 Å². The van der Waals surface area contributed by atoms with Crippen molar-refractivity contribution in [3.63, 3.8) is 0 Å². The lowest BCUT2D eigenvalue weighted by molar-refractivity contribution is 0.415. The van der Waals surface area contributed by atoms with E-state index >= 15 is 0 Å². The Morgan fingerprint density at radius 1 is 1.05 bits per heavy atom. The zero-order valence-electron chi connectivity index (χ0n) is 10.5. The van der Waals surface area contributed by atoms with Crippen LogP contribution in [0.1, 0.15) is 11.1 Å². The van der Waals surface area contributed by atoms with Crippen molar-refractivity contribution in [3.05, 3.63) is 59.7 Å². The van der Waals surface area contributed by atoms with Crippen LogP contribution < -0.4 is 4.74 Å². The first-order chi connectivity index (χ1) is 9.33. The summed E-state index contributed by atoms with van der Waals surface area (Å²) in [7, 11) is 1.64. The molecule has 0 aliphatic rings. The highest BCUT2D eigenvalue weighted by Crippen LogP contribution is 2.21. The number of aliphatic imine (C=N–C) groups is 1. The number of isocyanates is 1. The summed E-state index contributed by atoms with van der Waals surface area (Å²) in [5.41, 5.74) is 2.54. The minimum Gasteiger partial charge on any atom is -0.497 e. The molecule has 0 unspecified atom stereocenters. The van der Waals surface area contributed by atoms with Crippen molar-refractivity contribution in [1.82, 2.24) is 0 Å². The summed E-state index contributed by atoms with van der Waals surface area (Å²) in [6, 6.07) is 15.1. The molecular weight excluding hydrogens is 238 g/mol. The summed E-state index contributed by atoms with van der Waals surface area (Å²) in [6.45, 7) is 0. The minimum atomic E-state index is 0.613. The number of hydrogen-bond donors (Lipinski definition) is 0. The summed E-state index contributed by atoms with van der Waals surface area (Å²) in [5.74, 6) is 0.822. The lowest BCUT2D eigenvalue weighted by Crippen LogP contribution is -1.81. The first-order valence-electron chi connectivity index (χ1n) is 5.82. The largest absolute Gasteiger partial charge is 0.497 e. The Hall–Kier alpha value is -2.64. The van der Waals surface area contributed by atoms with Gasteiger partial charge in [-0.3, -0.25) is 0 Å². The van der Waals surface area contributed by atoms with Crippen LogP contribution in [0.4, 0.5) is 5.69 Å². The number of carbonyl (C=O) groups excluding carboxylic acids is 1. The van der Waals surface area contributed by atoms with Gasteiger partial charge < -0.3 is 4.74 Å². The van der Waals surface area contributed by atoms with Gasteiger partial charge in [-0.1, -0.05) is 42.5 Å². The molecule has 0 heterocycles. The number of rotatable bonds is 4. The molecule has 0 aliphatic heterocycles. The molecule has 0 saturated carbocycles. The van der Waals surface area contributed by atoms with Crippen LogP contribution in [0.25, 0.3) is 12.2 Å². The summed E-state index contributed by atoms with van der Waals surface area (Å²) in [4.78, 5) is 14.0. The standard InChI is InChI=1S/C16H13NO2/c1-19-15-10-7-13(8-11-15)6-9-14-4-2-3-5-16(14)17-12-18/h2-11H,1H3/b9-6+. The molecule has 0 spiro atoms. The maximum atomic E-state index is 10.3. The summed E-state index contributed by atoms with van der Waals surface area (Å²) in [6.07, 6.45) is 5.43.